The standard InChI is InChI=1S/C12H19F3N2O2/c13-12(14,15)8-17-5-1-2-10(11(17)18)16-9-3-6-19-7-4-9/h9-10,16H,1-8H2/t10-/m0/s1. The molecule has 2 aliphatic heterocycles. The van der Waals surface area contributed by atoms with Crippen molar-refractivity contribution >= 4 is 5.91 Å². The van der Waals surface area contributed by atoms with Gasteiger partial charge in [-0.25, -0.2) is 0 Å². The molecule has 0 aromatic rings. The summed E-state index contributed by atoms with van der Waals surface area (Å²) >= 11 is 0. The van der Waals surface area contributed by atoms with E-state index in [1.54, 1.807) is 0 Å². The summed E-state index contributed by atoms with van der Waals surface area (Å²) in [5.41, 5.74) is 0. The van der Waals surface area contributed by atoms with Crippen molar-refractivity contribution in [3.63, 3.8) is 0 Å². The quantitative estimate of drug-likeness (QED) is 0.847. The summed E-state index contributed by atoms with van der Waals surface area (Å²) in [5, 5.41) is 3.18. The number of carbonyl (C=O) groups is 1. The average molecular weight is 280 g/mol. The number of amides is 1. The Bertz CT molecular complexity index is 317. The number of hydrogen-bond donors (Lipinski definition) is 1. The highest BCUT2D eigenvalue weighted by Crippen LogP contribution is 2.21. The maximum atomic E-state index is 12.4. The molecule has 2 rings (SSSR count). The van der Waals surface area contributed by atoms with E-state index in [1.807, 2.05) is 0 Å². The predicted octanol–water partition coefficient (Wildman–Crippen LogP) is 1.31. The summed E-state index contributed by atoms with van der Waals surface area (Å²) in [6.45, 7) is 0.345. The van der Waals surface area contributed by atoms with E-state index in [1.165, 1.54) is 0 Å². The summed E-state index contributed by atoms with van der Waals surface area (Å²) in [4.78, 5) is 12.9. The lowest BCUT2D eigenvalue weighted by atomic mass is 10.0. The summed E-state index contributed by atoms with van der Waals surface area (Å²) in [6, 6.07) is -0.298. The van der Waals surface area contributed by atoms with E-state index in [-0.39, 0.29) is 12.6 Å². The molecule has 2 saturated heterocycles. The van der Waals surface area contributed by atoms with Gasteiger partial charge < -0.3 is 15.0 Å². The van der Waals surface area contributed by atoms with Gasteiger partial charge >= 0.3 is 6.18 Å². The number of halogens is 3. The number of nitrogens with zero attached hydrogens (tertiary/aromatic N) is 1. The van der Waals surface area contributed by atoms with Crippen LogP contribution in [-0.2, 0) is 9.53 Å². The van der Waals surface area contributed by atoms with Crippen LogP contribution in [0.5, 0.6) is 0 Å². The minimum absolute atomic E-state index is 0.175. The van der Waals surface area contributed by atoms with E-state index in [2.05, 4.69) is 5.32 Å². The molecule has 0 aliphatic carbocycles. The first-order valence-electron chi connectivity index (χ1n) is 6.65. The fraction of sp³-hybridized carbons (Fsp3) is 0.917. The van der Waals surface area contributed by atoms with Crippen LogP contribution in [0.2, 0.25) is 0 Å². The zero-order valence-electron chi connectivity index (χ0n) is 10.7. The second-order valence-electron chi connectivity index (χ2n) is 5.12. The van der Waals surface area contributed by atoms with Gasteiger partial charge in [-0.3, -0.25) is 4.79 Å². The first kappa shape index (κ1) is 14.6. The molecule has 0 aromatic heterocycles. The van der Waals surface area contributed by atoms with Crippen LogP contribution in [-0.4, -0.2) is 55.4 Å². The molecule has 0 aromatic carbocycles. The Morgan fingerprint density at radius 3 is 2.58 bits per heavy atom. The van der Waals surface area contributed by atoms with Crippen LogP contribution in [0.3, 0.4) is 0 Å². The molecule has 7 heteroatoms. The van der Waals surface area contributed by atoms with Gasteiger partial charge in [0.25, 0.3) is 0 Å². The van der Waals surface area contributed by atoms with Gasteiger partial charge in [-0.1, -0.05) is 0 Å². The molecule has 2 fully saturated rings. The van der Waals surface area contributed by atoms with Crippen molar-refractivity contribution in [2.45, 2.75) is 43.9 Å². The monoisotopic (exact) mass is 280 g/mol. The Hall–Kier alpha value is -0.820. The molecular weight excluding hydrogens is 261 g/mol. The molecule has 1 amide bonds. The Morgan fingerprint density at radius 1 is 1.26 bits per heavy atom. The summed E-state index contributed by atoms with van der Waals surface area (Å²) < 4.78 is 42.3. The van der Waals surface area contributed by atoms with Gasteiger partial charge in [-0.05, 0) is 25.7 Å². The molecule has 2 aliphatic rings. The van der Waals surface area contributed by atoms with Crippen molar-refractivity contribution in [2.24, 2.45) is 0 Å². The largest absolute Gasteiger partial charge is 0.406 e. The van der Waals surface area contributed by atoms with E-state index in [0.717, 1.165) is 17.7 Å². The smallest absolute Gasteiger partial charge is 0.381 e. The van der Waals surface area contributed by atoms with E-state index in [4.69, 9.17) is 4.74 Å². The first-order valence-corrected chi connectivity index (χ1v) is 6.65. The van der Waals surface area contributed by atoms with Crippen molar-refractivity contribution in [3.05, 3.63) is 0 Å². The van der Waals surface area contributed by atoms with Crippen molar-refractivity contribution in [1.29, 1.82) is 0 Å². The van der Waals surface area contributed by atoms with Crippen LogP contribution in [0.25, 0.3) is 0 Å². The van der Waals surface area contributed by atoms with Gasteiger partial charge in [0.1, 0.15) is 6.54 Å². The second-order valence-corrected chi connectivity index (χ2v) is 5.12. The van der Waals surface area contributed by atoms with Gasteiger partial charge in [0.2, 0.25) is 5.91 Å². The lowest BCUT2D eigenvalue weighted by Crippen LogP contribution is -2.55. The molecule has 0 saturated carbocycles. The number of piperidine rings is 1. The number of alkyl halides is 3. The second kappa shape index (κ2) is 6.09. The molecule has 110 valence electrons. The van der Waals surface area contributed by atoms with Crippen LogP contribution in [0.15, 0.2) is 0 Å². The van der Waals surface area contributed by atoms with E-state index >= 15 is 0 Å². The third-order valence-corrected chi connectivity index (χ3v) is 3.56. The van der Waals surface area contributed by atoms with Crippen LogP contribution in [0, 0.1) is 0 Å². The highest BCUT2D eigenvalue weighted by molar-refractivity contribution is 5.82. The molecule has 19 heavy (non-hydrogen) atoms. The van der Waals surface area contributed by atoms with Crippen LogP contribution in [0.1, 0.15) is 25.7 Å². The van der Waals surface area contributed by atoms with E-state index in [9.17, 15) is 18.0 Å². The van der Waals surface area contributed by atoms with Gasteiger partial charge in [0.15, 0.2) is 0 Å². The third kappa shape index (κ3) is 4.35. The molecular formula is C12H19F3N2O2. The zero-order chi connectivity index (χ0) is 13.9. The van der Waals surface area contributed by atoms with E-state index in [0.29, 0.717) is 26.1 Å². The van der Waals surface area contributed by atoms with Gasteiger partial charge in [0.05, 0.1) is 6.04 Å². The molecule has 2 heterocycles. The lowest BCUT2D eigenvalue weighted by molar-refractivity contribution is -0.165. The number of hydrogen-bond acceptors (Lipinski definition) is 3. The predicted molar refractivity (Wildman–Crippen MR) is 62.6 cm³/mol. The Labute approximate surface area is 110 Å². The third-order valence-electron chi connectivity index (χ3n) is 3.56. The maximum absolute atomic E-state index is 12.4. The SMILES string of the molecule is O=C1[C@@H](NC2CCOCC2)CCCN1CC(F)(F)F. The number of rotatable bonds is 3. The number of nitrogens with one attached hydrogen (secondary N) is 1. The summed E-state index contributed by atoms with van der Waals surface area (Å²) in [6.07, 6.45) is -1.48. The zero-order valence-corrected chi connectivity index (χ0v) is 10.7. The fourth-order valence-electron chi connectivity index (χ4n) is 2.62. The molecule has 0 spiro atoms. The highest BCUT2D eigenvalue weighted by Gasteiger charge is 2.37. The first-order chi connectivity index (χ1) is 8.96. The Morgan fingerprint density at radius 2 is 1.95 bits per heavy atom. The molecule has 0 radical (unpaired) electrons. The van der Waals surface area contributed by atoms with Gasteiger partial charge in [-0.15, -0.1) is 0 Å². The fourth-order valence-corrected chi connectivity index (χ4v) is 2.62. The van der Waals surface area contributed by atoms with Crippen LogP contribution >= 0.6 is 0 Å². The molecule has 0 bridgehead atoms. The average Bonchev–Trinajstić information content (AvgIpc) is 2.34. The summed E-state index contributed by atoms with van der Waals surface area (Å²) in [5.74, 6) is -0.421. The van der Waals surface area contributed by atoms with Crippen molar-refractivity contribution in [2.75, 3.05) is 26.3 Å². The lowest BCUT2D eigenvalue weighted by Gasteiger charge is -2.35. The molecule has 0 unspecified atom stereocenters. The number of ether oxygens (including phenoxy) is 1. The molecule has 4 nitrogen and oxygen atoms in total. The number of likely N-dealkylation sites (tertiary alicyclic amines) is 1. The van der Waals surface area contributed by atoms with Crippen molar-refractivity contribution < 1.29 is 22.7 Å². The topological polar surface area (TPSA) is 41.6 Å². The maximum Gasteiger partial charge on any atom is 0.406 e. The summed E-state index contributed by atoms with van der Waals surface area (Å²) in [7, 11) is 0. The van der Waals surface area contributed by atoms with Crippen LogP contribution < -0.4 is 5.32 Å². The molecule has 1 N–H and O–H groups in total. The minimum atomic E-state index is -4.32. The van der Waals surface area contributed by atoms with Crippen molar-refractivity contribution in [3.8, 4) is 0 Å². The van der Waals surface area contributed by atoms with Crippen molar-refractivity contribution in [1.82, 2.24) is 10.2 Å². The highest BCUT2D eigenvalue weighted by atomic mass is 19.4. The normalized spacial score (nSPS) is 26.8. The van der Waals surface area contributed by atoms with Gasteiger partial charge in [0, 0.05) is 25.8 Å². The minimum Gasteiger partial charge on any atom is -0.381 e. The number of carbonyl (C=O) groups excluding carboxylic acids is 1. The van der Waals surface area contributed by atoms with Crippen LogP contribution in [0.4, 0.5) is 13.2 Å². The Balaban J connectivity index is 1.88. The Kier molecular flexibility index (Phi) is 4.67. The van der Waals surface area contributed by atoms with Gasteiger partial charge in [-0.2, -0.15) is 13.2 Å². The van der Waals surface area contributed by atoms with E-state index < -0.39 is 24.7 Å². The molecule has 1 atom stereocenters.